The summed E-state index contributed by atoms with van der Waals surface area (Å²) in [7, 11) is 0. The van der Waals surface area contributed by atoms with Crippen LogP contribution in [-0.4, -0.2) is 20.3 Å². The van der Waals surface area contributed by atoms with Crippen LogP contribution in [0.5, 0.6) is 0 Å². The van der Waals surface area contributed by atoms with Gasteiger partial charge >= 0.3 is 0 Å². The van der Waals surface area contributed by atoms with Gasteiger partial charge in [0.1, 0.15) is 18.1 Å². The maximum atomic E-state index is 5.88. The second kappa shape index (κ2) is 8.67. The molecule has 0 unspecified atom stereocenters. The maximum absolute atomic E-state index is 5.88. The minimum absolute atomic E-state index is 0.247. The number of halogens is 1. The molecule has 0 radical (unpaired) electrons. The highest BCUT2D eigenvalue weighted by molar-refractivity contribution is 9.10. The van der Waals surface area contributed by atoms with Gasteiger partial charge in [0.2, 0.25) is 17.1 Å². The molecule has 0 saturated heterocycles. The van der Waals surface area contributed by atoms with E-state index in [1.165, 1.54) is 0 Å². The number of aromatic nitrogens is 4. The van der Waals surface area contributed by atoms with Gasteiger partial charge in [-0.3, -0.25) is 0 Å². The molecule has 0 fully saturated rings. The van der Waals surface area contributed by atoms with Crippen molar-refractivity contribution in [3.05, 3.63) is 76.5 Å². The van der Waals surface area contributed by atoms with Gasteiger partial charge in [-0.05, 0) is 53.6 Å². The number of azo groups is 1. The third-order valence-corrected chi connectivity index (χ3v) is 5.12. The van der Waals surface area contributed by atoms with Crippen LogP contribution in [0.2, 0.25) is 0 Å². The van der Waals surface area contributed by atoms with E-state index in [1.807, 2.05) is 67.6 Å². The minimum Gasteiger partial charge on any atom is -0.459 e. The number of anilines is 2. The number of hydrogen-bond acceptors (Lipinski definition) is 9. The zero-order valence-corrected chi connectivity index (χ0v) is 18.4. The van der Waals surface area contributed by atoms with Gasteiger partial charge in [0.05, 0.1) is 0 Å². The summed E-state index contributed by atoms with van der Waals surface area (Å²) in [6.07, 6.45) is 0. The first kappa shape index (κ1) is 20.0. The third kappa shape index (κ3) is 4.40. The molecule has 0 aliphatic rings. The van der Waals surface area contributed by atoms with Gasteiger partial charge in [0.25, 0.3) is 0 Å². The largest absolute Gasteiger partial charge is 0.459 e. The lowest BCUT2D eigenvalue weighted by molar-refractivity contribution is 0.314. The molecule has 1 N–H and O–H groups in total. The Labute approximate surface area is 190 Å². The van der Waals surface area contributed by atoms with Crippen LogP contribution in [0, 0.1) is 6.92 Å². The summed E-state index contributed by atoms with van der Waals surface area (Å²) in [4.78, 5) is 8.76. The lowest BCUT2D eigenvalue weighted by atomic mass is 10.2. The van der Waals surface area contributed by atoms with Crippen LogP contribution in [-0.2, 0) is 6.54 Å². The van der Waals surface area contributed by atoms with Gasteiger partial charge in [-0.2, -0.15) is 10.1 Å². The summed E-state index contributed by atoms with van der Waals surface area (Å²) >= 11 is 3.43. The fourth-order valence-corrected chi connectivity index (χ4v) is 3.23. The van der Waals surface area contributed by atoms with E-state index in [0.717, 1.165) is 27.0 Å². The smallest absolute Gasteiger partial charge is 0.245 e. The van der Waals surface area contributed by atoms with Gasteiger partial charge in [0, 0.05) is 15.7 Å². The van der Waals surface area contributed by atoms with Crippen molar-refractivity contribution in [3.63, 3.8) is 0 Å². The second-order valence-corrected chi connectivity index (χ2v) is 7.89. The van der Waals surface area contributed by atoms with Crippen molar-refractivity contribution >= 4 is 44.5 Å². The molecule has 2 aromatic carbocycles. The monoisotopic (exact) mass is 489 g/mol. The number of nitrogens with one attached hydrogen (secondary N) is 1. The van der Waals surface area contributed by atoms with Gasteiger partial charge in [-0.1, -0.05) is 45.8 Å². The summed E-state index contributed by atoms with van der Waals surface area (Å²) in [5.41, 5.74) is 3.50. The first-order valence-corrected chi connectivity index (χ1v) is 10.5. The maximum Gasteiger partial charge on any atom is 0.245 e. The first-order valence-electron chi connectivity index (χ1n) is 9.70. The minimum atomic E-state index is 0.247. The molecule has 3 heterocycles. The van der Waals surface area contributed by atoms with E-state index < -0.39 is 0 Å². The Hall–Kier alpha value is -3.92. The Bertz CT molecular complexity index is 1390. The van der Waals surface area contributed by atoms with E-state index in [9.17, 15) is 0 Å². The van der Waals surface area contributed by atoms with Gasteiger partial charge in [0.15, 0.2) is 5.82 Å². The molecule has 0 spiro atoms. The molecule has 10 heteroatoms. The number of furan rings is 1. The molecule has 5 aromatic rings. The van der Waals surface area contributed by atoms with Crippen molar-refractivity contribution in [2.45, 2.75) is 13.5 Å². The van der Waals surface area contributed by atoms with Crippen LogP contribution in [0.1, 0.15) is 11.3 Å². The van der Waals surface area contributed by atoms with E-state index >= 15 is 0 Å². The van der Waals surface area contributed by atoms with Crippen LogP contribution in [0.15, 0.2) is 84.4 Å². The number of benzene rings is 2. The average molecular weight is 490 g/mol. The fraction of sp³-hybridized carbons (Fsp3) is 0.0909. The third-order valence-electron chi connectivity index (χ3n) is 4.59. The molecule has 32 heavy (non-hydrogen) atoms. The van der Waals surface area contributed by atoms with Crippen LogP contribution in [0.3, 0.4) is 0 Å². The summed E-state index contributed by atoms with van der Waals surface area (Å²) in [5, 5.41) is 19.2. The van der Waals surface area contributed by atoms with Crippen molar-refractivity contribution in [1.29, 1.82) is 0 Å². The first-order chi connectivity index (χ1) is 15.6. The lowest BCUT2D eigenvalue weighted by Gasteiger charge is -2.07. The van der Waals surface area contributed by atoms with Crippen molar-refractivity contribution in [2.75, 3.05) is 5.32 Å². The SMILES string of the molecule is Cc1ccc(Nc2nc3nonc3nc2N=NCc2ccc(-c3ccc(Br)cc3)o2)cc1. The molecular formula is C22H16BrN7O2. The van der Waals surface area contributed by atoms with Crippen LogP contribution >= 0.6 is 15.9 Å². The van der Waals surface area contributed by atoms with Gasteiger partial charge < -0.3 is 9.73 Å². The molecule has 0 saturated carbocycles. The van der Waals surface area contributed by atoms with Crippen LogP contribution in [0.25, 0.3) is 22.6 Å². The fourth-order valence-electron chi connectivity index (χ4n) is 2.96. The number of nitrogens with zero attached hydrogens (tertiary/aromatic N) is 6. The number of hydrogen-bond donors (Lipinski definition) is 1. The summed E-state index contributed by atoms with van der Waals surface area (Å²) in [6.45, 7) is 2.27. The summed E-state index contributed by atoms with van der Waals surface area (Å²) < 4.78 is 11.6. The molecule has 5 rings (SSSR count). The molecule has 0 amide bonds. The summed E-state index contributed by atoms with van der Waals surface area (Å²) in [5.74, 6) is 2.11. The standard InChI is InChI=1S/C22H16BrN7O2/c1-13-2-8-16(9-3-13)25-19-20(27-22-21(26-19)29-32-30-22)28-24-12-17-10-11-18(31-17)14-4-6-15(23)7-5-14/h2-11H,12H2,1H3,(H,25,26,29). The van der Waals surface area contributed by atoms with Crippen molar-refractivity contribution in [1.82, 2.24) is 20.3 Å². The van der Waals surface area contributed by atoms with E-state index in [2.05, 4.69) is 51.8 Å². The Morgan fingerprint density at radius 2 is 1.66 bits per heavy atom. The molecule has 3 aromatic heterocycles. The normalized spacial score (nSPS) is 11.4. The molecule has 0 aliphatic carbocycles. The van der Waals surface area contributed by atoms with E-state index in [-0.39, 0.29) is 23.7 Å². The molecule has 0 atom stereocenters. The number of aryl methyl sites for hydroxylation is 1. The van der Waals surface area contributed by atoms with E-state index in [0.29, 0.717) is 11.6 Å². The molecular weight excluding hydrogens is 474 g/mol. The predicted octanol–water partition coefficient (Wildman–Crippen LogP) is 6.37. The van der Waals surface area contributed by atoms with Crippen molar-refractivity contribution in [3.8, 4) is 11.3 Å². The quantitative estimate of drug-likeness (QED) is 0.275. The average Bonchev–Trinajstić information content (AvgIpc) is 3.45. The lowest BCUT2D eigenvalue weighted by Crippen LogP contribution is -1.97. The van der Waals surface area contributed by atoms with Gasteiger partial charge in [-0.15, -0.1) is 5.11 Å². The highest BCUT2D eigenvalue weighted by atomic mass is 79.9. The van der Waals surface area contributed by atoms with Crippen molar-refractivity contribution < 1.29 is 9.05 Å². The van der Waals surface area contributed by atoms with Crippen LogP contribution in [0.4, 0.5) is 17.3 Å². The van der Waals surface area contributed by atoms with Crippen molar-refractivity contribution in [2.24, 2.45) is 10.2 Å². The highest BCUT2D eigenvalue weighted by Crippen LogP contribution is 2.28. The molecule has 9 nitrogen and oxygen atoms in total. The Balaban J connectivity index is 1.37. The Morgan fingerprint density at radius 1 is 0.906 bits per heavy atom. The van der Waals surface area contributed by atoms with Gasteiger partial charge in [-0.25, -0.2) is 9.61 Å². The zero-order chi connectivity index (χ0) is 21.9. The van der Waals surface area contributed by atoms with E-state index in [4.69, 9.17) is 9.05 Å². The molecule has 158 valence electrons. The second-order valence-electron chi connectivity index (χ2n) is 6.97. The molecule has 0 bridgehead atoms. The summed E-state index contributed by atoms with van der Waals surface area (Å²) in [6, 6.07) is 19.5. The zero-order valence-electron chi connectivity index (χ0n) is 16.9. The predicted molar refractivity (Wildman–Crippen MR) is 122 cm³/mol. The topological polar surface area (TPSA) is 115 Å². The number of rotatable bonds is 6. The Morgan fingerprint density at radius 3 is 2.44 bits per heavy atom. The van der Waals surface area contributed by atoms with Crippen LogP contribution < -0.4 is 5.32 Å². The van der Waals surface area contributed by atoms with E-state index in [1.54, 1.807) is 0 Å². The Kier molecular flexibility index (Phi) is 5.42. The highest BCUT2D eigenvalue weighted by Gasteiger charge is 2.13. The number of fused-ring (bicyclic) bond motifs is 1. The molecule has 0 aliphatic heterocycles.